The molecule has 5 rings (SSSR count). The van der Waals surface area contributed by atoms with Gasteiger partial charge >= 0.3 is 12.1 Å². The smallest absolute Gasteiger partial charge is 0.410 e. The quantitative estimate of drug-likeness (QED) is 0.653. The molecule has 1 atom stereocenters. The van der Waals surface area contributed by atoms with Crippen molar-refractivity contribution in [1.29, 1.82) is 0 Å². The molecule has 1 amide bonds. The highest BCUT2D eigenvalue weighted by molar-refractivity contribution is 5.79. The Kier molecular flexibility index (Phi) is 4.94. The van der Waals surface area contributed by atoms with Crippen LogP contribution in [0.4, 0.5) is 4.79 Å². The van der Waals surface area contributed by atoms with Crippen LogP contribution in [-0.2, 0) is 16.0 Å². The zero-order valence-corrected chi connectivity index (χ0v) is 17.0. The van der Waals surface area contributed by atoms with Gasteiger partial charge in [-0.1, -0.05) is 72.8 Å². The average molecular weight is 413 g/mol. The molecule has 0 saturated carbocycles. The lowest BCUT2D eigenvalue weighted by Crippen LogP contribution is -2.41. The number of carboxylic acid groups (broad SMARTS) is 1. The standard InChI is InChI=1S/C26H23NO4/c28-25(29)15-24-18-8-2-1-7-17(18)13-14-27(24)26(30)31-16-23-21-11-5-3-9-19(21)20-10-4-6-12-22(20)23/h1-12,23-24H,13-16H2,(H,28,29). The summed E-state index contributed by atoms with van der Waals surface area (Å²) in [6.45, 7) is 0.677. The number of nitrogens with zero attached hydrogens (tertiary/aromatic N) is 1. The van der Waals surface area contributed by atoms with E-state index in [-0.39, 0.29) is 18.9 Å². The summed E-state index contributed by atoms with van der Waals surface area (Å²) in [7, 11) is 0. The van der Waals surface area contributed by atoms with E-state index in [4.69, 9.17) is 4.74 Å². The number of carbonyl (C=O) groups is 2. The number of ether oxygens (including phenoxy) is 1. The summed E-state index contributed by atoms with van der Waals surface area (Å²) < 4.78 is 5.80. The van der Waals surface area contributed by atoms with Gasteiger partial charge in [0.05, 0.1) is 12.5 Å². The molecule has 0 bridgehead atoms. The Morgan fingerprint density at radius 2 is 1.45 bits per heavy atom. The third-order valence-corrected chi connectivity index (χ3v) is 6.35. The lowest BCUT2D eigenvalue weighted by atomic mass is 9.91. The van der Waals surface area contributed by atoms with Crippen molar-refractivity contribution in [2.24, 2.45) is 0 Å². The van der Waals surface area contributed by atoms with Crippen LogP contribution in [0.5, 0.6) is 0 Å². The lowest BCUT2D eigenvalue weighted by Gasteiger charge is -2.36. The number of hydrogen-bond acceptors (Lipinski definition) is 3. The minimum atomic E-state index is -0.932. The van der Waals surface area contributed by atoms with E-state index in [2.05, 4.69) is 24.3 Å². The molecule has 0 aromatic heterocycles. The Hall–Kier alpha value is -3.60. The first-order chi connectivity index (χ1) is 15.1. The Labute approximate surface area is 180 Å². The van der Waals surface area contributed by atoms with E-state index < -0.39 is 18.1 Å². The maximum atomic E-state index is 13.1. The van der Waals surface area contributed by atoms with Crippen molar-refractivity contribution in [3.63, 3.8) is 0 Å². The Morgan fingerprint density at radius 1 is 0.871 bits per heavy atom. The number of aliphatic carboxylic acids is 1. The Balaban J connectivity index is 1.38. The number of rotatable bonds is 4. The van der Waals surface area contributed by atoms with E-state index in [9.17, 15) is 14.7 Å². The Bertz CT molecular complexity index is 1110. The molecule has 1 unspecified atom stereocenters. The summed E-state index contributed by atoms with van der Waals surface area (Å²) in [5.41, 5.74) is 6.65. The molecule has 156 valence electrons. The fourth-order valence-corrected chi connectivity index (χ4v) is 4.93. The van der Waals surface area contributed by atoms with Crippen LogP contribution in [0.25, 0.3) is 11.1 Å². The predicted octanol–water partition coefficient (Wildman–Crippen LogP) is 5.01. The van der Waals surface area contributed by atoms with Crippen molar-refractivity contribution in [2.75, 3.05) is 13.2 Å². The highest BCUT2D eigenvalue weighted by Gasteiger charge is 2.35. The van der Waals surface area contributed by atoms with Crippen molar-refractivity contribution in [2.45, 2.75) is 24.8 Å². The summed E-state index contributed by atoms with van der Waals surface area (Å²) in [6.07, 6.45) is 0.0974. The summed E-state index contributed by atoms with van der Waals surface area (Å²) in [5.74, 6) is -0.954. The molecule has 3 aromatic carbocycles. The minimum Gasteiger partial charge on any atom is -0.481 e. The average Bonchev–Trinajstić information content (AvgIpc) is 3.11. The van der Waals surface area contributed by atoms with Crippen LogP contribution < -0.4 is 0 Å². The van der Waals surface area contributed by atoms with E-state index in [1.54, 1.807) is 4.90 Å². The van der Waals surface area contributed by atoms with Crippen molar-refractivity contribution in [3.8, 4) is 11.1 Å². The molecule has 5 heteroatoms. The number of fused-ring (bicyclic) bond motifs is 4. The zero-order valence-electron chi connectivity index (χ0n) is 17.0. The molecular formula is C26H23NO4. The molecule has 0 spiro atoms. The number of carbonyl (C=O) groups excluding carboxylic acids is 1. The first-order valence-electron chi connectivity index (χ1n) is 10.5. The topological polar surface area (TPSA) is 66.8 Å². The van der Waals surface area contributed by atoms with Crippen LogP contribution in [0.2, 0.25) is 0 Å². The highest BCUT2D eigenvalue weighted by Crippen LogP contribution is 2.44. The SMILES string of the molecule is O=C(O)CC1c2ccccc2CCN1C(=O)OCC1c2ccccc2-c2ccccc21. The second-order valence-electron chi connectivity index (χ2n) is 8.06. The number of amides is 1. The fourth-order valence-electron chi connectivity index (χ4n) is 4.93. The van der Waals surface area contributed by atoms with E-state index in [1.165, 1.54) is 11.1 Å². The van der Waals surface area contributed by atoms with E-state index in [1.807, 2.05) is 48.5 Å². The Morgan fingerprint density at radius 3 is 2.10 bits per heavy atom. The van der Waals surface area contributed by atoms with Gasteiger partial charge in [0.2, 0.25) is 0 Å². The number of carboxylic acids is 1. The second-order valence-corrected chi connectivity index (χ2v) is 8.06. The van der Waals surface area contributed by atoms with E-state index >= 15 is 0 Å². The van der Waals surface area contributed by atoms with Crippen molar-refractivity contribution < 1.29 is 19.4 Å². The van der Waals surface area contributed by atoms with E-state index in [0.29, 0.717) is 13.0 Å². The van der Waals surface area contributed by atoms with Gasteiger partial charge in [-0.3, -0.25) is 4.79 Å². The number of hydrogen-bond donors (Lipinski definition) is 1. The first kappa shape index (κ1) is 19.4. The zero-order chi connectivity index (χ0) is 21.4. The summed E-state index contributed by atoms with van der Waals surface area (Å²) in [6, 6.07) is 23.6. The fraction of sp³-hybridized carbons (Fsp3) is 0.231. The summed E-state index contributed by atoms with van der Waals surface area (Å²) >= 11 is 0. The van der Waals surface area contributed by atoms with Crippen LogP contribution in [-0.4, -0.2) is 35.2 Å². The minimum absolute atomic E-state index is 0.0219. The van der Waals surface area contributed by atoms with Crippen molar-refractivity contribution >= 4 is 12.1 Å². The molecule has 0 radical (unpaired) electrons. The van der Waals surface area contributed by atoms with Crippen LogP contribution >= 0.6 is 0 Å². The van der Waals surface area contributed by atoms with Gasteiger partial charge < -0.3 is 14.7 Å². The first-order valence-corrected chi connectivity index (χ1v) is 10.5. The summed E-state index contributed by atoms with van der Waals surface area (Å²) in [5, 5.41) is 9.43. The molecule has 5 nitrogen and oxygen atoms in total. The van der Waals surface area contributed by atoms with Gasteiger partial charge in [0, 0.05) is 12.5 Å². The third-order valence-electron chi connectivity index (χ3n) is 6.35. The normalized spacial score (nSPS) is 16.9. The van der Waals surface area contributed by atoms with Gasteiger partial charge in [-0.05, 0) is 39.8 Å². The van der Waals surface area contributed by atoms with Gasteiger partial charge in [0.1, 0.15) is 6.61 Å². The van der Waals surface area contributed by atoms with E-state index in [0.717, 1.165) is 22.3 Å². The van der Waals surface area contributed by atoms with Crippen LogP contribution in [0.3, 0.4) is 0 Å². The lowest BCUT2D eigenvalue weighted by molar-refractivity contribution is -0.138. The monoisotopic (exact) mass is 413 g/mol. The molecule has 31 heavy (non-hydrogen) atoms. The summed E-state index contributed by atoms with van der Waals surface area (Å²) in [4.78, 5) is 26.2. The van der Waals surface area contributed by atoms with Crippen LogP contribution in [0, 0.1) is 0 Å². The molecule has 0 saturated heterocycles. The van der Waals surface area contributed by atoms with Gasteiger partial charge in [0.15, 0.2) is 0 Å². The number of benzene rings is 3. The molecule has 2 aliphatic rings. The highest BCUT2D eigenvalue weighted by atomic mass is 16.6. The molecule has 3 aromatic rings. The van der Waals surface area contributed by atoms with Gasteiger partial charge in [-0.15, -0.1) is 0 Å². The van der Waals surface area contributed by atoms with Gasteiger partial charge in [0.25, 0.3) is 0 Å². The van der Waals surface area contributed by atoms with Crippen molar-refractivity contribution in [3.05, 3.63) is 95.1 Å². The van der Waals surface area contributed by atoms with Crippen LogP contribution in [0.15, 0.2) is 72.8 Å². The van der Waals surface area contributed by atoms with Crippen molar-refractivity contribution in [1.82, 2.24) is 4.90 Å². The largest absolute Gasteiger partial charge is 0.481 e. The molecule has 1 heterocycles. The molecule has 0 fully saturated rings. The third kappa shape index (κ3) is 3.46. The maximum Gasteiger partial charge on any atom is 0.410 e. The van der Waals surface area contributed by atoms with Gasteiger partial charge in [-0.2, -0.15) is 0 Å². The molecule has 1 N–H and O–H groups in total. The predicted molar refractivity (Wildman–Crippen MR) is 117 cm³/mol. The molecule has 1 aliphatic carbocycles. The maximum absolute atomic E-state index is 13.1. The van der Waals surface area contributed by atoms with Crippen LogP contribution in [0.1, 0.15) is 40.6 Å². The second kappa shape index (κ2) is 7.91. The molecule has 1 aliphatic heterocycles. The molecular weight excluding hydrogens is 390 g/mol. The van der Waals surface area contributed by atoms with Gasteiger partial charge in [-0.25, -0.2) is 4.79 Å².